The molecule has 51 heavy (non-hydrogen) atoms. The van der Waals surface area contributed by atoms with Crippen LogP contribution in [-0.4, -0.2) is 15.0 Å². The molecule has 11 aromatic rings. The first kappa shape index (κ1) is 23.6. The van der Waals surface area contributed by atoms with Crippen molar-refractivity contribution in [2.75, 3.05) is 0 Å². The first-order chi connectivity index (χ1) is 27.7. The molecule has 7 aromatic carbocycles. The number of rotatable bonds is 4. The molecule has 0 atom stereocenters. The molecule has 0 unspecified atom stereocenters. The van der Waals surface area contributed by atoms with E-state index in [4.69, 9.17) is 19.1 Å². The Morgan fingerprint density at radius 1 is 0.392 bits per heavy atom. The topological polar surface area (TPSA) is 38.7 Å². The predicted molar refractivity (Wildman–Crippen MR) is 220 cm³/mol. The molecule has 0 aliphatic carbocycles. The normalized spacial score (nSPS) is 13.6. The van der Waals surface area contributed by atoms with E-state index in [1.807, 2.05) is 78.9 Å². The van der Waals surface area contributed by atoms with Gasteiger partial charge in [0.25, 0.3) is 0 Å². The number of nitrogens with zero attached hydrogens (tertiary/aromatic N) is 3. The van der Waals surface area contributed by atoms with Gasteiger partial charge in [-0.05, 0) is 47.5 Å². The molecule has 0 radical (unpaired) electrons. The maximum Gasteiger partial charge on any atom is 0.164 e. The molecule has 0 saturated carbocycles. The van der Waals surface area contributed by atoms with Crippen LogP contribution in [0.2, 0.25) is 0 Å². The highest BCUT2D eigenvalue weighted by atomic mass is 32.1. The van der Waals surface area contributed by atoms with E-state index >= 15 is 0 Å². The van der Waals surface area contributed by atoms with Crippen LogP contribution in [0.1, 0.15) is 8.22 Å². The van der Waals surface area contributed by atoms with Gasteiger partial charge in [0.15, 0.2) is 17.5 Å². The molecule has 4 aromatic heterocycles. The fourth-order valence-electron chi connectivity index (χ4n) is 6.81. The average molecular weight is 710 g/mol. The standard InChI is InChI=1S/C45H25N3S3/c1-2-9-26(10-3-1)43-46-44(28-17-20-33-31-11-4-6-15-37(31)50-40(33)24-28)48-45(47-43)29-18-21-34-35-14-8-13-30(42(35)51-41(34)25-29)27-19-22-39-36(23-27)32-12-5-7-16-38(32)49-39/h1-25H/i8D,13D,14D,18D,21D,25D. The van der Waals surface area contributed by atoms with E-state index in [0.29, 0.717) is 32.0 Å². The van der Waals surface area contributed by atoms with Gasteiger partial charge in [-0.15, -0.1) is 34.0 Å². The highest BCUT2D eigenvalue weighted by Gasteiger charge is 2.17. The summed E-state index contributed by atoms with van der Waals surface area (Å²) in [5.74, 6) is 0.852. The number of aromatic nitrogens is 3. The van der Waals surface area contributed by atoms with Crippen LogP contribution in [0.4, 0.5) is 0 Å². The molecule has 4 heterocycles. The Kier molecular flexibility index (Phi) is 5.26. The quantitative estimate of drug-likeness (QED) is 0.183. The van der Waals surface area contributed by atoms with E-state index in [1.165, 1.54) is 21.4 Å². The summed E-state index contributed by atoms with van der Waals surface area (Å²) >= 11 is 4.59. The summed E-state index contributed by atoms with van der Waals surface area (Å²) in [5, 5.41) is 5.00. The first-order valence-electron chi connectivity index (χ1n) is 19.4. The highest BCUT2D eigenvalue weighted by Crippen LogP contribution is 2.43. The van der Waals surface area contributed by atoms with E-state index in [2.05, 4.69) is 36.4 Å². The number of hydrogen-bond acceptors (Lipinski definition) is 6. The Hall–Kier alpha value is -5.79. The molecule has 0 spiro atoms. The summed E-state index contributed by atoms with van der Waals surface area (Å²) in [4.78, 5) is 14.7. The van der Waals surface area contributed by atoms with Gasteiger partial charge in [-0.3, -0.25) is 0 Å². The lowest BCUT2D eigenvalue weighted by Gasteiger charge is -2.09. The summed E-state index contributed by atoms with van der Waals surface area (Å²) < 4.78 is 60.9. The second kappa shape index (κ2) is 11.4. The van der Waals surface area contributed by atoms with Gasteiger partial charge in [-0.1, -0.05) is 115 Å². The lowest BCUT2D eigenvalue weighted by Crippen LogP contribution is -2.00. The van der Waals surface area contributed by atoms with Gasteiger partial charge in [0.2, 0.25) is 0 Å². The first-order valence-corrected chi connectivity index (χ1v) is 18.8. The molecule has 238 valence electrons. The summed E-state index contributed by atoms with van der Waals surface area (Å²) in [7, 11) is 0. The third kappa shape index (κ3) is 4.72. The van der Waals surface area contributed by atoms with Crippen LogP contribution in [0.25, 0.3) is 106 Å². The molecular formula is C45H25N3S3. The van der Waals surface area contributed by atoms with Gasteiger partial charge in [0, 0.05) is 77.2 Å². The van der Waals surface area contributed by atoms with Crippen molar-refractivity contribution in [3.05, 3.63) is 152 Å². The van der Waals surface area contributed by atoms with Crippen molar-refractivity contribution in [1.29, 1.82) is 0 Å². The van der Waals surface area contributed by atoms with Crippen molar-refractivity contribution in [2.24, 2.45) is 0 Å². The zero-order valence-corrected chi connectivity index (χ0v) is 29.0. The second-order valence-corrected chi connectivity index (χ2v) is 15.5. The minimum Gasteiger partial charge on any atom is -0.208 e. The minimum absolute atomic E-state index is 0.0500. The van der Waals surface area contributed by atoms with Crippen LogP contribution < -0.4 is 0 Å². The van der Waals surface area contributed by atoms with Crippen molar-refractivity contribution in [3.8, 4) is 45.3 Å². The molecule has 3 nitrogen and oxygen atoms in total. The summed E-state index contributed by atoms with van der Waals surface area (Å²) in [6, 6.07) is 37.0. The van der Waals surface area contributed by atoms with Crippen LogP contribution in [0.5, 0.6) is 0 Å². The molecule has 0 amide bonds. The molecule has 0 N–H and O–H groups in total. The Balaban J connectivity index is 1.16. The van der Waals surface area contributed by atoms with E-state index < -0.39 is 0 Å². The summed E-state index contributed by atoms with van der Waals surface area (Å²) in [6.45, 7) is 0. The number of hydrogen-bond donors (Lipinski definition) is 0. The van der Waals surface area contributed by atoms with Crippen LogP contribution in [-0.2, 0) is 0 Å². The van der Waals surface area contributed by atoms with Gasteiger partial charge >= 0.3 is 0 Å². The summed E-state index contributed by atoms with van der Waals surface area (Å²) in [5.41, 5.74) is 2.77. The van der Waals surface area contributed by atoms with Crippen molar-refractivity contribution in [2.45, 2.75) is 0 Å². The lowest BCUT2D eigenvalue weighted by atomic mass is 10.0. The second-order valence-electron chi connectivity index (χ2n) is 12.3. The predicted octanol–water partition coefficient (Wildman–Crippen LogP) is 13.6. The lowest BCUT2D eigenvalue weighted by molar-refractivity contribution is 1.08. The van der Waals surface area contributed by atoms with Crippen LogP contribution >= 0.6 is 34.0 Å². The smallest absolute Gasteiger partial charge is 0.164 e. The van der Waals surface area contributed by atoms with Crippen LogP contribution in [0.15, 0.2) is 152 Å². The van der Waals surface area contributed by atoms with Gasteiger partial charge < -0.3 is 0 Å². The van der Waals surface area contributed by atoms with Gasteiger partial charge in [-0.25, -0.2) is 15.0 Å². The Labute approximate surface area is 313 Å². The molecule has 0 aliphatic heterocycles. The molecular weight excluding hydrogens is 679 g/mol. The maximum absolute atomic E-state index is 9.65. The van der Waals surface area contributed by atoms with Crippen molar-refractivity contribution < 1.29 is 8.22 Å². The minimum atomic E-state index is -0.265. The van der Waals surface area contributed by atoms with Crippen molar-refractivity contribution in [3.63, 3.8) is 0 Å². The van der Waals surface area contributed by atoms with E-state index in [9.17, 15) is 4.11 Å². The van der Waals surface area contributed by atoms with Crippen LogP contribution in [0, 0.1) is 0 Å². The molecule has 0 saturated heterocycles. The third-order valence-electron chi connectivity index (χ3n) is 9.25. The zero-order valence-electron chi connectivity index (χ0n) is 32.5. The fraction of sp³-hybridized carbons (Fsp3) is 0. The number of fused-ring (bicyclic) bond motifs is 9. The number of benzene rings is 7. The SMILES string of the molecule is [2H]c1c([2H])c([2H])c2c(sc3c([2H])c(-c4nc(-c5ccccc5)nc(-c5ccc6c(c5)sc5ccccc56)n4)c([2H])c([2H])c32)c1-c1ccc2sc3ccccc3c2c1. The van der Waals surface area contributed by atoms with E-state index in [1.54, 1.807) is 22.7 Å². The third-order valence-corrected chi connectivity index (χ3v) is 12.7. The number of thiophene rings is 3. The highest BCUT2D eigenvalue weighted by molar-refractivity contribution is 7.27. The van der Waals surface area contributed by atoms with Crippen LogP contribution in [0.3, 0.4) is 0 Å². The van der Waals surface area contributed by atoms with E-state index in [-0.39, 0.29) is 53.0 Å². The maximum atomic E-state index is 9.65. The van der Waals surface area contributed by atoms with Crippen molar-refractivity contribution in [1.82, 2.24) is 15.0 Å². The Morgan fingerprint density at radius 3 is 1.86 bits per heavy atom. The van der Waals surface area contributed by atoms with Gasteiger partial charge in [0.1, 0.15) is 0 Å². The molecule has 11 rings (SSSR count). The van der Waals surface area contributed by atoms with Gasteiger partial charge in [0.05, 0.1) is 8.22 Å². The zero-order chi connectivity index (χ0) is 38.7. The van der Waals surface area contributed by atoms with Gasteiger partial charge in [-0.2, -0.15) is 0 Å². The summed E-state index contributed by atoms with van der Waals surface area (Å²) in [6.07, 6.45) is 0. The largest absolute Gasteiger partial charge is 0.208 e. The molecule has 0 aliphatic rings. The molecule has 6 heteroatoms. The van der Waals surface area contributed by atoms with E-state index in [0.717, 1.165) is 46.9 Å². The van der Waals surface area contributed by atoms with Crippen molar-refractivity contribution >= 4 is 94.5 Å². The molecule has 0 bridgehead atoms. The monoisotopic (exact) mass is 709 g/mol. The molecule has 0 fully saturated rings. The Bertz CT molecular complexity index is 3500. The average Bonchev–Trinajstić information content (AvgIpc) is 3.94. The fourth-order valence-corrected chi connectivity index (χ4v) is 10.2. The Morgan fingerprint density at radius 2 is 1.04 bits per heavy atom.